The molecule has 2 heterocycles. The number of nitrogens with one attached hydrogen (secondary N) is 2. The Bertz CT molecular complexity index is 893. The Morgan fingerprint density at radius 1 is 1.17 bits per heavy atom. The summed E-state index contributed by atoms with van der Waals surface area (Å²) >= 11 is 6.34. The van der Waals surface area contributed by atoms with E-state index >= 15 is 0 Å². The predicted octanol–water partition coefficient (Wildman–Crippen LogP) is 2.88. The smallest absolute Gasteiger partial charge is 0.264 e. The number of nitrogens with zero attached hydrogens (tertiary/aromatic N) is 1. The van der Waals surface area contributed by atoms with E-state index in [2.05, 4.69) is 15.2 Å². The molecular weight excluding hydrogens is 314 g/mol. The Balaban J connectivity index is 1.94. The second-order valence-corrected chi connectivity index (χ2v) is 5.58. The fraction of sp³-hybridized carbons (Fsp3) is 0.118. The highest BCUT2D eigenvalue weighted by atomic mass is 35.5. The van der Waals surface area contributed by atoms with E-state index in [0.29, 0.717) is 39.7 Å². The zero-order chi connectivity index (χ0) is 16.4. The van der Waals surface area contributed by atoms with Gasteiger partial charge in [-0.05, 0) is 18.6 Å². The lowest BCUT2D eigenvalue weighted by atomic mass is 10.1. The van der Waals surface area contributed by atoms with Gasteiger partial charge in [0.25, 0.3) is 5.56 Å². The van der Waals surface area contributed by atoms with Crippen molar-refractivity contribution in [3.05, 3.63) is 86.0 Å². The highest BCUT2D eigenvalue weighted by Crippen LogP contribution is 2.27. The summed E-state index contributed by atoms with van der Waals surface area (Å²) in [5, 5.41) is 6.85. The standard InChI is InChI=1S/C17H14ClN3O2/c1-10-15(18)13(9-12-7-8-14(22)21-20-12)19-16(10)17(23)11-5-3-2-4-6-11/h2-8,19H,9H2,1H3,(H,21,22). The van der Waals surface area contributed by atoms with Crippen molar-refractivity contribution >= 4 is 17.4 Å². The van der Waals surface area contributed by atoms with Crippen molar-refractivity contribution < 1.29 is 4.79 Å². The summed E-state index contributed by atoms with van der Waals surface area (Å²) in [6.07, 6.45) is 0.401. The first-order valence-electron chi connectivity index (χ1n) is 7.07. The van der Waals surface area contributed by atoms with Gasteiger partial charge in [-0.2, -0.15) is 5.10 Å². The number of rotatable bonds is 4. The Labute approximate surface area is 137 Å². The van der Waals surface area contributed by atoms with Gasteiger partial charge in [0.1, 0.15) is 0 Å². The van der Waals surface area contributed by atoms with Crippen LogP contribution in [0.25, 0.3) is 0 Å². The van der Waals surface area contributed by atoms with Gasteiger partial charge in [-0.1, -0.05) is 41.9 Å². The van der Waals surface area contributed by atoms with Crippen LogP contribution >= 0.6 is 11.6 Å². The van der Waals surface area contributed by atoms with Crippen molar-refractivity contribution in [2.75, 3.05) is 0 Å². The molecule has 2 aromatic heterocycles. The number of carbonyl (C=O) groups excluding carboxylic acids is 1. The Morgan fingerprint density at radius 2 is 1.91 bits per heavy atom. The largest absolute Gasteiger partial charge is 0.354 e. The minimum absolute atomic E-state index is 0.106. The molecule has 0 aliphatic carbocycles. The molecule has 5 nitrogen and oxygen atoms in total. The highest BCUT2D eigenvalue weighted by Gasteiger charge is 2.19. The monoisotopic (exact) mass is 327 g/mol. The van der Waals surface area contributed by atoms with Crippen LogP contribution in [0.5, 0.6) is 0 Å². The zero-order valence-corrected chi connectivity index (χ0v) is 13.1. The van der Waals surface area contributed by atoms with Gasteiger partial charge in [-0.3, -0.25) is 9.59 Å². The Kier molecular flexibility index (Phi) is 4.12. The van der Waals surface area contributed by atoms with Gasteiger partial charge in [0, 0.05) is 23.7 Å². The molecule has 0 aliphatic heterocycles. The number of aromatic amines is 2. The first-order valence-corrected chi connectivity index (χ1v) is 7.45. The van der Waals surface area contributed by atoms with Gasteiger partial charge in [0.15, 0.2) is 0 Å². The second-order valence-electron chi connectivity index (χ2n) is 5.20. The summed E-state index contributed by atoms with van der Waals surface area (Å²) in [6.45, 7) is 1.80. The maximum atomic E-state index is 12.6. The topological polar surface area (TPSA) is 78.6 Å². The molecule has 23 heavy (non-hydrogen) atoms. The number of carbonyl (C=O) groups is 1. The van der Waals surface area contributed by atoms with E-state index in [0.717, 1.165) is 0 Å². The maximum Gasteiger partial charge on any atom is 0.264 e. The molecule has 0 bridgehead atoms. The van der Waals surface area contributed by atoms with Crippen molar-refractivity contribution in [3.63, 3.8) is 0 Å². The van der Waals surface area contributed by atoms with Gasteiger partial charge in [-0.25, -0.2) is 5.10 Å². The van der Waals surface area contributed by atoms with Crippen LogP contribution in [0, 0.1) is 6.92 Å². The van der Waals surface area contributed by atoms with E-state index in [1.54, 1.807) is 25.1 Å². The molecule has 0 amide bonds. The fourth-order valence-corrected chi connectivity index (χ4v) is 2.58. The minimum atomic E-state index is -0.262. The molecule has 0 saturated carbocycles. The second kappa shape index (κ2) is 6.22. The van der Waals surface area contributed by atoms with Crippen molar-refractivity contribution in [2.45, 2.75) is 13.3 Å². The van der Waals surface area contributed by atoms with Gasteiger partial charge in [0.05, 0.1) is 16.4 Å². The summed E-state index contributed by atoms with van der Waals surface area (Å²) in [7, 11) is 0. The van der Waals surface area contributed by atoms with E-state index < -0.39 is 0 Å². The molecule has 116 valence electrons. The number of H-pyrrole nitrogens is 2. The number of hydrogen-bond donors (Lipinski definition) is 2. The van der Waals surface area contributed by atoms with E-state index in [9.17, 15) is 9.59 Å². The summed E-state index contributed by atoms with van der Waals surface area (Å²) in [6, 6.07) is 12.1. The molecule has 2 N–H and O–H groups in total. The fourth-order valence-electron chi connectivity index (χ4n) is 2.37. The maximum absolute atomic E-state index is 12.6. The first-order chi connectivity index (χ1) is 11.1. The van der Waals surface area contributed by atoms with Gasteiger partial charge >= 0.3 is 0 Å². The van der Waals surface area contributed by atoms with Crippen LogP contribution in [-0.4, -0.2) is 21.0 Å². The number of aromatic nitrogens is 3. The van der Waals surface area contributed by atoms with Gasteiger partial charge < -0.3 is 4.98 Å². The molecule has 3 aromatic rings. The van der Waals surface area contributed by atoms with E-state index in [4.69, 9.17) is 11.6 Å². The third-order valence-corrected chi connectivity index (χ3v) is 4.11. The quantitative estimate of drug-likeness (QED) is 0.723. The molecule has 3 rings (SSSR count). The third-order valence-electron chi connectivity index (χ3n) is 3.60. The number of halogens is 1. The van der Waals surface area contributed by atoms with Crippen LogP contribution in [0.1, 0.15) is 33.0 Å². The molecule has 0 radical (unpaired) electrons. The molecule has 0 unspecified atom stereocenters. The summed E-state index contributed by atoms with van der Waals surface area (Å²) < 4.78 is 0. The molecule has 0 aliphatic rings. The summed E-state index contributed by atoms with van der Waals surface area (Å²) in [4.78, 5) is 26.7. The van der Waals surface area contributed by atoms with Crippen LogP contribution in [0.4, 0.5) is 0 Å². The molecule has 0 fully saturated rings. The van der Waals surface area contributed by atoms with Crippen molar-refractivity contribution in [2.24, 2.45) is 0 Å². The average Bonchev–Trinajstić information content (AvgIpc) is 2.85. The predicted molar refractivity (Wildman–Crippen MR) is 88.1 cm³/mol. The first kappa shape index (κ1) is 15.2. The highest BCUT2D eigenvalue weighted by molar-refractivity contribution is 6.33. The number of hydrogen-bond acceptors (Lipinski definition) is 3. The van der Waals surface area contributed by atoms with E-state index in [-0.39, 0.29) is 11.3 Å². The van der Waals surface area contributed by atoms with Crippen LogP contribution < -0.4 is 5.56 Å². The minimum Gasteiger partial charge on any atom is -0.354 e. The molecule has 1 aromatic carbocycles. The van der Waals surface area contributed by atoms with Gasteiger partial charge in [0.2, 0.25) is 5.78 Å². The Hall–Kier alpha value is -2.66. The molecule has 0 atom stereocenters. The number of benzene rings is 1. The van der Waals surface area contributed by atoms with Crippen LogP contribution in [-0.2, 0) is 6.42 Å². The van der Waals surface area contributed by atoms with Crippen LogP contribution in [0.2, 0.25) is 5.02 Å². The van der Waals surface area contributed by atoms with Crippen molar-refractivity contribution in [3.8, 4) is 0 Å². The lowest BCUT2D eigenvalue weighted by molar-refractivity contribution is 0.103. The molecule has 0 saturated heterocycles. The van der Waals surface area contributed by atoms with Crippen molar-refractivity contribution in [1.29, 1.82) is 0 Å². The zero-order valence-electron chi connectivity index (χ0n) is 12.4. The summed E-state index contributed by atoms with van der Waals surface area (Å²) in [5.41, 5.74) is 2.87. The SMILES string of the molecule is Cc1c(C(=O)c2ccccc2)[nH]c(Cc2ccc(=O)[nH]n2)c1Cl. The third kappa shape index (κ3) is 3.10. The Morgan fingerprint density at radius 3 is 2.57 bits per heavy atom. The molecule has 6 heteroatoms. The lowest BCUT2D eigenvalue weighted by Gasteiger charge is -2.00. The number of ketones is 1. The summed E-state index contributed by atoms with van der Waals surface area (Å²) in [5.74, 6) is -0.106. The lowest BCUT2D eigenvalue weighted by Crippen LogP contribution is -2.08. The van der Waals surface area contributed by atoms with E-state index in [1.807, 2.05) is 18.2 Å². The van der Waals surface area contributed by atoms with Crippen LogP contribution in [0.3, 0.4) is 0 Å². The average molecular weight is 328 g/mol. The van der Waals surface area contributed by atoms with Crippen molar-refractivity contribution in [1.82, 2.24) is 15.2 Å². The van der Waals surface area contributed by atoms with Gasteiger partial charge in [-0.15, -0.1) is 0 Å². The van der Waals surface area contributed by atoms with E-state index in [1.165, 1.54) is 6.07 Å². The molecular formula is C17H14ClN3O2. The normalized spacial score (nSPS) is 10.7. The van der Waals surface area contributed by atoms with Crippen LogP contribution in [0.15, 0.2) is 47.3 Å². The molecule has 0 spiro atoms.